The molecule has 0 radical (unpaired) electrons. The summed E-state index contributed by atoms with van der Waals surface area (Å²) >= 11 is 0. The minimum absolute atomic E-state index is 0.150. The highest BCUT2D eigenvalue weighted by atomic mass is 16.6. The van der Waals surface area contributed by atoms with Crippen molar-refractivity contribution in [1.29, 1.82) is 0 Å². The van der Waals surface area contributed by atoms with Crippen LogP contribution in [0.5, 0.6) is 23.0 Å². The van der Waals surface area contributed by atoms with Crippen molar-refractivity contribution in [1.82, 2.24) is 0 Å². The maximum Gasteiger partial charge on any atom is 0.318 e. The summed E-state index contributed by atoms with van der Waals surface area (Å²) in [6.45, 7) is 15.1. The van der Waals surface area contributed by atoms with Gasteiger partial charge in [0.25, 0.3) is 11.4 Å². The average molecular weight is 645 g/mol. The Labute approximate surface area is 269 Å². The van der Waals surface area contributed by atoms with Crippen molar-refractivity contribution < 1.29 is 29.2 Å². The van der Waals surface area contributed by atoms with E-state index in [9.17, 15) is 40.5 Å². The maximum atomic E-state index is 11.8. The second-order valence-corrected chi connectivity index (χ2v) is 11.8. The van der Waals surface area contributed by atoms with Crippen LogP contribution in [0.1, 0.15) is 58.4 Å². The molecule has 0 saturated heterocycles. The second-order valence-electron chi connectivity index (χ2n) is 11.8. The van der Waals surface area contributed by atoms with Gasteiger partial charge in [-0.1, -0.05) is 26.0 Å². The molecule has 0 heterocycles. The number of hydrogen-bond acceptors (Lipinski definition) is 10. The number of nitro groups is 4. The van der Waals surface area contributed by atoms with Crippen LogP contribution in [0.15, 0.2) is 48.5 Å². The van der Waals surface area contributed by atoms with Crippen molar-refractivity contribution in [3.8, 4) is 23.0 Å². The summed E-state index contributed by atoms with van der Waals surface area (Å²) in [6, 6.07) is 10.2. The summed E-state index contributed by atoms with van der Waals surface area (Å²) in [7, 11) is 0. The molecule has 0 N–H and O–H groups in total. The van der Waals surface area contributed by atoms with Crippen LogP contribution in [0.3, 0.4) is 0 Å². The van der Waals surface area contributed by atoms with Crippen LogP contribution in [0.25, 0.3) is 0 Å². The monoisotopic (exact) mass is 644 g/mol. The van der Waals surface area contributed by atoms with Crippen molar-refractivity contribution in [3.05, 3.63) is 133 Å². The Kier molecular flexibility index (Phi) is 9.01. The van der Waals surface area contributed by atoms with Gasteiger partial charge in [-0.15, -0.1) is 0 Å². The second kappa shape index (κ2) is 12.5. The smallest absolute Gasteiger partial charge is 0.318 e. The predicted octanol–water partition coefficient (Wildman–Crippen LogP) is 9.08. The van der Waals surface area contributed by atoms with E-state index in [1.807, 2.05) is 53.7 Å². The largest absolute Gasteiger partial charge is 0.450 e. The molecule has 0 aliphatic carbocycles. The SMILES string of the molecule is Cc1cc(C)c(C(C)(C)c2c(C)cc(C)c(Oc3ccc([N+](=O)[O-])cc3[N+](=O)[O-])c2C)c(C)c1Oc1ccc([N+](=O)[O-])cc1[N+](=O)[O-]. The van der Waals surface area contributed by atoms with Crippen molar-refractivity contribution in [3.63, 3.8) is 0 Å². The lowest BCUT2D eigenvalue weighted by atomic mass is 9.70. The predicted molar refractivity (Wildman–Crippen MR) is 173 cm³/mol. The first kappa shape index (κ1) is 34.0. The molecule has 0 aromatic heterocycles. The fourth-order valence-electron chi connectivity index (χ4n) is 6.61. The molecule has 0 amide bonds. The first-order chi connectivity index (χ1) is 21.9. The number of aryl methyl sites for hydroxylation is 4. The third-order valence-electron chi connectivity index (χ3n) is 8.18. The molecule has 0 fully saturated rings. The van der Waals surface area contributed by atoms with Crippen LogP contribution in [-0.2, 0) is 5.41 Å². The molecule has 0 unspecified atom stereocenters. The van der Waals surface area contributed by atoms with Crippen LogP contribution in [0.2, 0.25) is 0 Å². The zero-order valence-corrected chi connectivity index (χ0v) is 27.0. The minimum atomic E-state index is -0.747. The minimum Gasteiger partial charge on any atom is -0.450 e. The summed E-state index contributed by atoms with van der Waals surface area (Å²) in [5.41, 5.74) is 3.55. The summed E-state index contributed by atoms with van der Waals surface area (Å²) in [5.74, 6) is 0.414. The first-order valence-corrected chi connectivity index (χ1v) is 14.3. The third-order valence-corrected chi connectivity index (χ3v) is 8.18. The van der Waals surface area contributed by atoms with E-state index >= 15 is 0 Å². The number of rotatable bonds is 10. The van der Waals surface area contributed by atoms with Crippen molar-refractivity contribution in [2.45, 2.75) is 60.8 Å². The highest BCUT2D eigenvalue weighted by molar-refractivity contribution is 5.63. The maximum absolute atomic E-state index is 11.8. The molecular formula is C33H32N4O10. The quantitative estimate of drug-likeness (QED) is 0.119. The number of non-ortho nitro benzene ring substituents is 2. The van der Waals surface area contributed by atoms with E-state index in [0.29, 0.717) is 33.8 Å². The summed E-state index contributed by atoms with van der Waals surface area (Å²) in [6.07, 6.45) is 0. The Bertz CT molecular complexity index is 1860. The van der Waals surface area contributed by atoms with Gasteiger partial charge in [0.15, 0.2) is 0 Å². The molecule has 244 valence electrons. The summed E-state index contributed by atoms with van der Waals surface area (Å²) in [4.78, 5) is 43.2. The lowest BCUT2D eigenvalue weighted by Gasteiger charge is -2.34. The number of nitrogens with zero attached hydrogens (tertiary/aromatic N) is 4. The van der Waals surface area contributed by atoms with E-state index in [-0.39, 0.29) is 11.5 Å². The Morgan fingerprint density at radius 1 is 0.511 bits per heavy atom. The molecule has 0 aliphatic rings. The highest BCUT2D eigenvalue weighted by Gasteiger charge is 2.34. The normalized spacial score (nSPS) is 11.2. The van der Waals surface area contributed by atoms with Gasteiger partial charge in [0.2, 0.25) is 11.5 Å². The molecule has 0 saturated carbocycles. The van der Waals surface area contributed by atoms with E-state index in [0.717, 1.165) is 46.5 Å². The van der Waals surface area contributed by atoms with E-state index in [1.54, 1.807) is 13.8 Å². The molecule has 47 heavy (non-hydrogen) atoms. The Hall–Kier alpha value is -5.92. The number of benzene rings is 4. The fraction of sp³-hybridized carbons (Fsp3) is 0.273. The number of hydrogen-bond donors (Lipinski definition) is 0. The van der Waals surface area contributed by atoms with Gasteiger partial charge < -0.3 is 9.47 Å². The van der Waals surface area contributed by atoms with Gasteiger partial charge >= 0.3 is 11.4 Å². The highest BCUT2D eigenvalue weighted by Crippen LogP contribution is 2.47. The Morgan fingerprint density at radius 2 is 0.851 bits per heavy atom. The lowest BCUT2D eigenvalue weighted by molar-refractivity contribution is -0.394. The molecule has 14 nitrogen and oxygen atoms in total. The van der Waals surface area contributed by atoms with Crippen LogP contribution in [0.4, 0.5) is 22.7 Å². The van der Waals surface area contributed by atoms with E-state index in [4.69, 9.17) is 9.47 Å². The molecule has 0 bridgehead atoms. The van der Waals surface area contributed by atoms with Crippen LogP contribution >= 0.6 is 0 Å². The van der Waals surface area contributed by atoms with Gasteiger partial charge in [-0.3, -0.25) is 40.5 Å². The van der Waals surface area contributed by atoms with Gasteiger partial charge in [-0.25, -0.2) is 0 Å². The van der Waals surface area contributed by atoms with Crippen molar-refractivity contribution >= 4 is 22.7 Å². The van der Waals surface area contributed by atoms with E-state index in [2.05, 4.69) is 0 Å². The zero-order chi connectivity index (χ0) is 35.1. The molecule has 4 aromatic rings. The summed E-state index contributed by atoms with van der Waals surface area (Å²) < 4.78 is 12.3. The molecule has 0 aliphatic heterocycles. The van der Waals surface area contributed by atoms with Crippen molar-refractivity contribution in [2.24, 2.45) is 0 Å². The van der Waals surface area contributed by atoms with Gasteiger partial charge in [0, 0.05) is 17.5 Å². The standard InChI is InChI=1S/C33H32N4O10/c1-17-13-19(3)31(46-27-11-9-23(34(38)39)15-25(27)36(42)43)21(5)29(17)33(7,8)30-18(2)14-20(4)32(22(30)6)47-28-12-10-24(35(40)41)16-26(28)37(44)45/h9-16H,1-8H3. The fourth-order valence-corrected chi connectivity index (χ4v) is 6.61. The van der Waals surface area contributed by atoms with Gasteiger partial charge in [-0.05, 0) is 98.2 Å². The molecular weight excluding hydrogens is 612 g/mol. The Morgan fingerprint density at radius 3 is 1.15 bits per heavy atom. The molecule has 4 aromatic carbocycles. The average Bonchev–Trinajstić information content (AvgIpc) is 2.96. The summed E-state index contributed by atoms with van der Waals surface area (Å²) in [5, 5.41) is 46.1. The van der Waals surface area contributed by atoms with Crippen LogP contribution < -0.4 is 9.47 Å². The lowest BCUT2D eigenvalue weighted by Crippen LogP contribution is -2.25. The van der Waals surface area contributed by atoms with Crippen LogP contribution in [0, 0.1) is 82.0 Å². The van der Waals surface area contributed by atoms with Gasteiger partial charge in [-0.2, -0.15) is 0 Å². The van der Waals surface area contributed by atoms with Crippen molar-refractivity contribution in [2.75, 3.05) is 0 Å². The Balaban J connectivity index is 1.88. The first-order valence-electron chi connectivity index (χ1n) is 14.3. The van der Waals surface area contributed by atoms with E-state index in [1.165, 1.54) is 12.1 Å². The zero-order valence-electron chi connectivity index (χ0n) is 27.0. The number of nitro benzene ring substituents is 4. The topological polar surface area (TPSA) is 191 Å². The van der Waals surface area contributed by atoms with Crippen LogP contribution in [-0.4, -0.2) is 19.7 Å². The molecule has 4 rings (SSSR count). The molecule has 0 atom stereocenters. The number of ether oxygens (including phenoxy) is 2. The van der Waals surface area contributed by atoms with E-state index < -0.39 is 47.9 Å². The molecule has 14 heteroatoms. The molecule has 0 spiro atoms. The third kappa shape index (κ3) is 6.30. The van der Waals surface area contributed by atoms with Gasteiger partial charge in [0.05, 0.1) is 31.8 Å². The van der Waals surface area contributed by atoms with Gasteiger partial charge in [0.1, 0.15) is 11.5 Å².